The van der Waals surface area contributed by atoms with Crippen molar-refractivity contribution in [3.05, 3.63) is 90.5 Å². The number of likely N-dealkylation sites (N-methyl/N-ethyl adjacent to an activating group) is 1. The van der Waals surface area contributed by atoms with Crippen molar-refractivity contribution < 1.29 is 23.9 Å². The number of nitrogens with zero attached hydrogens (tertiary/aromatic N) is 1. The van der Waals surface area contributed by atoms with Gasteiger partial charge < -0.3 is 19.6 Å². The molecular formula is C32H37N2O4+. The quantitative estimate of drug-likeness (QED) is 0.216. The highest BCUT2D eigenvalue weighted by molar-refractivity contribution is 5.98. The summed E-state index contributed by atoms with van der Waals surface area (Å²) >= 11 is 0. The minimum Gasteiger partial charge on any atom is -0.427 e. The topological polar surface area (TPSA) is 75.6 Å². The Balaban J connectivity index is 1.46. The molecule has 0 spiro atoms. The predicted molar refractivity (Wildman–Crippen MR) is 149 cm³/mol. The van der Waals surface area contributed by atoms with Crippen LogP contribution in [0.15, 0.2) is 79.4 Å². The molecule has 2 fully saturated rings. The van der Waals surface area contributed by atoms with Gasteiger partial charge in [0.2, 0.25) is 0 Å². The van der Waals surface area contributed by atoms with Gasteiger partial charge in [0, 0.05) is 30.4 Å². The van der Waals surface area contributed by atoms with E-state index in [4.69, 9.17) is 4.74 Å². The average molecular weight is 514 g/mol. The number of fused-ring (bicyclic) bond motifs is 2. The van der Waals surface area contributed by atoms with Gasteiger partial charge in [0.1, 0.15) is 17.9 Å². The van der Waals surface area contributed by atoms with Crippen LogP contribution < -0.4 is 10.1 Å². The summed E-state index contributed by atoms with van der Waals surface area (Å²) in [7, 11) is 2.17. The van der Waals surface area contributed by atoms with Crippen molar-refractivity contribution in [2.75, 3.05) is 26.7 Å². The summed E-state index contributed by atoms with van der Waals surface area (Å²) in [5.74, 6) is -0.000919. The van der Waals surface area contributed by atoms with E-state index in [1.165, 1.54) is 6.92 Å². The Bertz CT molecular complexity index is 1390. The Morgan fingerprint density at radius 1 is 1.11 bits per heavy atom. The number of hydrogen-bond acceptors (Lipinski definition) is 4. The lowest BCUT2D eigenvalue weighted by atomic mass is 9.55. The number of rotatable bonds is 6. The molecule has 1 aliphatic heterocycles. The molecule has 0 bridgehead atoms. The number of likely N-dealkylation sites (tertiary alicyclic amines) is 1. The maximum absolute atomic E-state index is 13.4. The van der Waals surface area contributed by atoms with Crippen LogP contribution in [-0.4, -0.2) is 59.8 Å². The average Bonchev–Trinajstić information content (AvgIpc) is 2.88. The van der Waals surface area contributed by atoms with Crippen LogP contribution in [0.25, 0.3) is 10.8 Å². The molecule has 198 valence electrons. The molecule has 0 radical (unpaired) electrons. The lowest BCUT2D eigenvalue weighted by Gasteiger charge is -2.59. The first-order valence-electron chi connectivity index (χ1n) is 13.4. The molecule has 2 aliphatic rings. The van der Waals surface area contributed by atoms with E-state index in [2.05, 4.69) is 18.9 Å². The van der Waals surface area contributed by atoms with Gasteiger partial charge in [0.15, 0.2) is 0 Å². The van der Waals surface area contributed by atoms with Gasteiger partial charge in [-0.25, -0.2) is 0 Å². The molecule has 1 unspecified atom stereocenters. The van der Waals surface area contributed by atoms with Crippen LogP contribution in [0.2, 0.25) is 0 Å². The minimum absolute atomic E-state index is 0.0945. The fourth-order valence-electron chi connectivity index (χ4n) is 6.85. The molecule has 6 heteroatoms. The molecule has 0 aromatic heterocycles. The standard InChI is InChI=1S/C32H36N2O4/c1-4-17-34(3)18-16-31(27-10-7-11-29(20-27)38-23(2)35)21-28(14-15-32(31,37)22-34)33-30(36)26-13-12-24-8-5-6-9-25(24)19-26/h4-13,19-20,28,37H,1,14-18,21-22H2,2-3H3/p+1/t28-,31+,32?,34+/m1/s1. The van der Waals surface area contributed by atoms with Gasteiger partial charge in [-0.1, -0.05) is 49.0 Å². The van der Waals surface area contributed by atoms with Gasteiger partial charge in [-0.15, -0.1) is 0 Å². The summed E-state index contributed by atoms with van der Waals surface area (Å²) in [6, 6.07) is 21.3. The van der Waals surface area contributed by atoms with E-state index in [0.717, 1.165) is 40.3 Å². The summed E-state index contributed by atoms with van der Waals surface area (Å²) in [4.78, 5) is 25.0. The Kier molecular flexibility index (Phi) is 6.88. The van der Waals surface area contributed by atoms with Gasteiger partial charge in [-0.3, -0.25) is 9.59 Å². The molecule has 2 N–H and O–H groups in total. The number of quaternary nitrogens is 1. The lowest BCUT2D eigenvalue weighted by molar-refractivity contribution is -0.918. The van der Waals surface area contributed by atoms with Gasteiger partial charge in [0.05, 0.1) is 20.1 Å². The van der Waals surface area contributed by atoms with Crippen LogP contribution in [-0.2, 0) is 10.2 Å². The fraction of sp³-hybridized carbons (Fsp3) is 0.375. The van der Waals surface area contributed by atoms with E-state index in [-0.39, 0.29) is 17.9 Å². The molecule has 1 heterocycles. The first-order valence-corrected chi connectivity index (χ1v) is 13.4. The van der Waals surface area contributed by atoms with E-state index < -0.39 is 11.0 Å². The molecule has 38 heavy (non-hydrogen) atoms. The Labute approximate surface area is 224 Å². The number of amides is 1. The van der Waals surface area contributed by atoms with Crippen molar-refractivity contribution in [3.8, 4) is 5.75 Å². The Morgan fingerprint density at radius 2 is 1.89 bits per heavy atom. The zero-order valence-electron chi connectivity index (χ0n) is 22.3. The van der Waals surface area contributed by atoms with E-state index in [9.17, 15) is 14.7 Å². The second-order valence-corrected chi connectivity index (χ2v) is 11.4. The molecule has 1 saturated heterocycles. The van der Waals surface area contributed by atoms with Gasteiger partial charge in [-0.2, -0.15) is 0 Å². The van der Waals surface area contributed by atoms with E-state index in [1.54, 1.807) is 6.07 Å². The van der Waals surface area contributed by atoms with Crippen LogP contribution in [0.3, 0.4) is 0 Å². The highest BCUT2D eigenvalue weighted by Crippen LogP contribution is 2.53. The summed E-state index contributed by atoms with van der Waals surface area (Å²) in [5, 5.41) is 17.8. The number of piperidine rings is 1. The van der Waals surface area contributed by atoms with Gasteiger partial charge >= 0.3 is 5.97 Å². The number of ether oxygens (including phenoxy) is 1. The monoisotopic (exact) mass is 513 g/mol. The SMILES string of the molecule is C=CC[N@@+]1(C)CC[C@@]2(c3cccc(OC(C)=O)c3)C[C@H](NC(=O)c3ccc4ccccc4c3)CCC2(O)C1. The molecule has 5 rings (SSSR count). The molecular weight excluding hydrogens is 476 g/mol. The molecule has 1 amide bonds. The smallest absolute Gasteiger partial charge is 0.308 e. The molecule has 1 saturated carbocycles. The summed E-state index contributed by atoms with van der Waals surface area (Å²) in [6.45, 7) is 7.59. The summed E-state index contributed by atoms with van der Waals surface area (Å²) < 4.78 is 6.13. The predicted octanol–water partition coefficient (Wildman–Crippen LogP) is 4.75. The molecule has 3 aromatic carbocycles. The third-order valence-electron chi connectivity index (χ3n) is 8.68. The van der Waals surface area contributed by atoms with Gasteiger partial charge in [-0.05, 0) is 65.9 Å². The summed E-state index contributed by atoms with van der Waals surface area (Å²) in [5.41, 5.74) is 0.0338. The van der Waals surface area contributed by atoms with Crippen molar-refractivity contribution in [2.45, 2.75) is 49.7 Å². The van der Waals surface area contributed by atoms with E-state index >= 15 is 0 Å². The zero-order chi connectivity index (χ0) is 27.0. The van der Waals surface area contributed by atoms with Crippen molar-refractivity contribution in [3.63, 3.8) is 0 Å². The number of hydrogen-bond donors (Lipinski definition) is 2. The maximum Gasteiger partial charge on any atom is 0.308 e. The maximum atomic E-state index is 13.4. The number of carbonyl (C=O) groups is 2. The molecule has 4 atom stereocenters. The molecule has 3 aromatic rings. The first kappa shape index (κ1) is 26.1. The van der Waals surface area contributed by atoms with Crippen molar-refractivity contribution in [1.29, 1.82) is 0 Å². The Hall–Kier alpha value is -3.48. The number of nitrogens with one attached hydrogen (secondary N) is 1. The Morgan fingerprint density at radius 3 is 2.66 bits per heavy atom. The summed E-state index contributed by atoms with van der Waals surface area (Å²) in [6.07, 6.45) is 4.54. The third-order valence-corrected chi connectivity index (χ3v) is 8.68. The largest absolute Gasteiger partial charge is 0.427 e. The van der Waals surface area contributed by atoms with Crippen LogP contribution in [0, 0.1) is 0 Å². The van der Waals surface area contributed by atoms with E-state index in [1.807, 2.05) is 66.7 Å². The van der Waals surface area contributed by atoms with Crippen LogP contribution in [0.1, 0.15) is 48.5 Å². The van der Waals surface area contributed by atoms with Crippen molar-refractivity contribution in [1.82, 2.24) is 5.32 Å². The first-order chi connectivity index (χ1) is 18.2. The van der Waals surface area contributed by atoms with Crippen molar-refractivity contribution >= 4 is 22.6 Å². The highest BCUT2D eigenvalue weighted by atomic mass is 16.5. The third kappa shape index (κ3) is 4.86. The zero-order valence-corrected chi connectivity index (χ0v) is 22.3. The van der Waals surface area contributed by atoms with Crippen LogP contribution >= 0.6 is 0 Å². The highest BCUT2D eigenvalue weighted by Gasteiger charge is 2.61. The second-order valence-electron chi connectivity index (χ2n) is 11.4. The fourth-order valence-corrected chi connectivity index (χ4v) is 6.85. The lowest BCUT2D eigenvalue weighted by Crippen LogP contribution is -2.71. The van der Waals surface area contributed by atoms with Crippen molar-refractivity contribution in [2.24, 2.45) is 0 Å². The van der Waals surface area contributed by atoms with Gasteiger partial charge in [0.25, 0.3) is 5.91 Å². The number of carbonyl (C=O) groups excluding carboxylic acids is 2. The normalized spacial score (nSPS) is 28.8. The van der Waals surface area contributed by atoms with Crippen LogP contribution in [0.5, 0.6) is 5.75 Å². The second kappa shape index (κ2) is 10.0. The van der Waals surface area contributed by atoms with E-state index in [0.29, 0.717) is 37.1 Å². The molecule has 6 nitrogen and oxygen atoms in total. The van der Waals surface area contributed by atoms with Crippen LogP contribution in [0.4, 0.5) is 0 Å². The molecule has 1 aliphatic carbocycles. The number of esters is 1. The number of benzene rings is 3. The minimum atomic E-state index is -0.970. The number of aliphatic hydroxyl groups is 1.